The van der Waals surface area contributed by atoms with Crippen LogP contribution in [0.2, 0.25) is 0 Å². The maximum absolute atomic E-state index is 12.4. The van der Waals surface area contributed by atoms with Crippen molar-refractivity contribution < 1.29 is 43.0 Å². The second kappa shape index (κ2) is 36.1. The number of allylic oxidation sites excluding steroid dienone is 9. The summed E-state index contributed by atoms with van der Waals surface area (Å²) >= 11 is 0. The van der Waals surface area contributed by atoms with Crippen LogP contribution in [0.25, 0.3) is 0 Å². The largest absolute Gasteiger partial charge is 0.469 e. The lowest BCUT2D eigenvalue weighted by atomic mass is 10.1. The number of hydrogen-bond acceptors (Lipinski definition) is 7. The molecule has 294 valence electrons. The predicted octanol–water partition coefficient (Wildman–Crippen LogP) is 10.7. The molecule has 0 aliphatic carbocycles. The summed E-state index contributed by atoms with van der Waals surface area (Å²) in [7, 11) is -4.78. The van der Waals surface area contributed by atoms with Gasteiger partial charge >= 0.3 is 19.8 Å². The van der Waals surface area contributed by atoms with E-state index in [2.05, 4.69) is 54.8 Å². The van der Waals surface area contributed by atoms with E-state index in [1.165, 1.54) is 44.9 Å². The maximum atomic E-state index is 12.4. The van der Waals surface area contributed by atoms with Crippen LogP contribution in [-0.4, -0.2) is 52.3 Å². The number of aliphatic hydroxyl groups excluding tert-OH is 1. The van der Waals surface area contributed by atoms with E-state index in [1.807, 2.05) is 24.3 Å². The summed E-state index contributed by atoms with van der Waals surface area (Å²) < 4.78 is 26.2. The standard InChI is InChI=1S/C41H71O9P/c1-3-5-7-8-9-10-11-12-13-14-18-21-24-27-30-34-40(43)48-36-39(37-49-51(45,46)47)50-41(44)35-31-28-25-22-19-16-15-17-20-23-26-29-33-38(42)32-6-4-2/h12-13,15-16,20,22-23,25,29,33,38-39,42H,3-11,14,17-19,21,24,26-28,30-32,34-37H2,1-2H3,(H2,45,46,47)/b13-12-,16-15-,23-20-,25-22-,33-29-/t38-,39-/m1/s1. The average Bonchev–Trinajstić information content (AvgIpc) is 3.09. The van der Waals surface area contributed by atoms with Crippen LogP contribution in [0.3, 0.4) is 0 Å². The number of hydrogen-bond donors (Lipinski definition) is 3. The Morgan fingerprint density at radius 3 is 1.69 bits per heavy atom. The topological polar surface area (TPSA) is 140 Å². The number of phosphoric acid groups is 1. The van der Waals surface area contributed by atoms with E-state index in [0.29, 0.717) is 19.3 Å². The minimum absolute atomic E-state index is 0.115. The Bertz CT molecular complexity index is 1030. The Kier molecular flexibility index (Phi) is 34.5. The highest BCUT2D eigenvalue weighted by atomic mass is 31.2. The average molecular weight is 739 g/mol. The maximum Gasteiger partial charge on any atom is 0.469 e. The lowest BCUT2D eigenvalue weighted by Crippen LogP contribution is -2.29. The normalized spacial score (nSPS) is 13.7. The van der Waals surface area contributed by atoms with Crippen LogP contribution >= 0.6 is 7.82 Å². The number of carbonyl (C=O) groups excluding carboxylic acids is 2. The van der Waals surface area contributed by atoms with Crippen molar-refractivity contribution in [3.05, 3.63) is 60.8 Å². The number of aliphatic hydroxyl groups is 1. The molecule has 0 heterocycles. The summed E-state index contributed by atoms with van der Waals surface area (Å²) in [5, 5.41) is 9.78. The van der Waals surface area contributed by atoms with Crippen molar-refractivity contribution in [2.45, 2.75) is 174 Å². The molecule has 0 aromatic rings. The van der Waals surface area contributed by atoms with Gasteiger partial charge < -0.3 is 24.4 Å². The molecule has 0 unspecified atom stereocenters. The second-order valence-electron chi connectivity index (χ2n) is 13.1. The molecule has 0 rings (SSSR count). The second-order valence-corrected chi connectivity index (χ2v) is 14.3. The van der Waals surface area contributed by atoms with E-state index in [0.717, 1.165) is 70.6 Å². The third-order valence-corrected chi connectivity index (χ3v) is 8.56. The monoisotopic (exact) mass is 738 g/mol. The number of esters is 2. The minimum Gasteiger partial charge on any atom is -0.462 e. The fraction of sp³-hybridized carbons (Fsp3) is 0.707. The van der Waals surface area contributed by atoms with Gasteiger partial charge in [0.15, 0.2) is 6.10 Å². The molecule has 0 bridgehead atoms. The van der Waals surface area contributed by atoms with Gasteiger partial charge in [0.1, 0.15) is 6.61 Å². The highest BCUT2D eigenvalue weighted by molar-refractivity contribution is 7.46. The third kappa shape index (κ3) is 38.8. The van der Waals surface area contributed by atoms with Crippen molar-refractivity contribution in [1.29, 1.82) is 0 Å². The lowest BCUT2D eigenvalue weighted by Gasteiger charge is -2.18. The van der Waals surface area contributed by atoms with Gasteiger partial charge in [0.05, 0.1) is 12.7 Å². The number of rotatable bonds is 35. The van der Waals surface area contributed by atoms with Crippen LogP contribution < -0.4 is 0 Å². The molecule has 0 saturated carbocycles. The van der Waals surface area contributed by atoms with Gasteiger partial charge in [-0.15, -0.1) is 0 Å². The van der Waals surface area contributed by atoms with Gasteiger partial charge in [-0.25, -0.2) is 4.57 Å². The molecule has 0 spiro atoms. The van der Waals surface area contributed by atoms with E-state index in [1.54, 1.807) is 0 Å². The van der Waals surface area contributed by atoms with Crippen molar-refractivity contribution in [3.63, 3.8) is 0 Å². The molecule has 0 saturated heterocycles. The predicted molar refractivity (Wildman–Crippen MR) is 208 cm³/mol. The Hall–Kier alpha value is -2.29. The van der Waals surface area contributed by atoms with Crippen LogP contribution in [0, 0.1) is 0 Å². The molecule has 0 aromatic heterocycles. The molecule has 51 heavy (non-hydrogen) atoms. The van der Waals surface area contributed by atoms with Gasteiger partial charge in [0.2, 0.25) is 0 Å². The van der Waals surface area contributed by atoms with Crippen molar-refractivity contribution in [2.75, 3.05) is 13.2 Å². The van der Waals surface area contributed by atoms with Crippen molar-refractivity contribution in [2.24, 2.45) is 0 Å². The smallest absolute Gasteiger partial charge is 0.462 e. The van der Waals surface area contributed by atoms with Gasteiger partial charge in [0, 0.05) is 12.8 Å². The minimum atomic E-state index is -4.78. The summed E-state index contributed by atoms with van der Waals surface area (Å²) in [5.41, 5.74) is 0. The number of carbonyl (C=O) groups is 2. The van der Waals surface area contributed by atoms with Crippen LogP contribution in [0.1, 0.15) is 162 Å². The van der Waals surface area contributed by atoms with Crippen molar-refractivity contribution in [3.8, 4) is 0 Å². The van der Waals surface area contributed by atoms with E-state index in [-0.39, 0.29) is 25.6 Å². The Morgan fingerprint density at radius 1 is 0.588 bits per heavy atom. The molecule has 0 radical (unpaired) electrons. The SMILES string of the molecule is CCCCCCCC/C=C\CCCCCCCC(=O)OC[C@H](COP(=O)(O)O)OC(=O)CCC/C=C\C/C=C\C/C=C\C/C=C\[C@H](O)CCCC. The zero-order chi connectivity index (χ0) is 37.7. The fourth-order valence-electron chi connectivity index (χ4n) is 5.08. The van der Waals surface area contributed by atoms with Gasteiger partial charge in [-0.2, -0.15) is 0 Å². The molecular formula is C41H71O9P. The molecule has 0 aliphatic rings. The van der Waals surface area contributed by atoms with Gasteiger partial charge in [-0.3, -0.25) is 14.1 Å². The molecular weight excluding hydrogens is 667 g/mol. The number of unbranched alkanes of at least 4 members (excludes halogenated alkanes) is 13. The molecule has 0 aromatic carbocycles. The van der Waals surface area contributed by atoms with Crippen LogP contribution in [0.5, 0.6) is 0 Å². The van der Waals surface area contributed by atoms with Gasteiger partial charge in [0.25, 0.3) is 0 Å². The first-order valence-electron chi connectivity index (χ1n) is 19.7. The molecule has 10 heteroatoms. The lowest BCUT2D eigenvalue weighted by molar-refractivity contribution is -0.161. The van der Waals surface area contributed by atoms with Gasteiger partial charge in [-0.1, -0.05) is 139 Å². The Balaban J connectivity index is 4.11. The summed E-state index contributed by atoms with van der Waals surface area (Å²) in [6.07, 6.45) is 41.4. The zero-order valence-electron chi connectivity index (χ0n) is 31.8. The summed E-state index contributed by atoms with van der Waals surface area (Å²) in [6, 6.07) is 0. The first-order valence-corrected chi connectivity index (χ1v) is 21.2. The highest BCUT2D eigenvalue weighted by Gasteiger charge is 2.22. The Labute approximate surface area is 309 Å². The summed E-state index contributed by atoms with van der Waals surface area (Å²) in [6.45, 7) is 3.46. The van der Waals surface area contributed by atoms with Crippen LogP contribution in [0.15, 0.2) is 60.8 Å². The molecule has 0 fully saturated rings. The molecule has 2 atom stereocenters. The van der Waals surface area contributed by atoms with Crippen LogP contribution in [-0.2, 0) is 28.2 Å². The summed E-state index contributed by atoms with van der Waals surface area (Å²) in [5.74, 6) is -0.987. The first kappa shape index (κ1) is 48.7. The first-order chi connectivity index (χ1) is 24.7. The van der Waals surface area contributed by atoms with Crippen molar-refractivity contribution >= 4 is 19.8 Å². The van der Waals surface area contributed by atoms with E-state index in [4.69, 9.17) is 19.3 Å². The third-order valence-electron chi connectivity index (χ3n) is 8.08. The molecule has 3 N–H and O–H groups in total. The van der Waals surface area contributed by atoms with E-state index in [9.17, 15) is 19.3 Å². The quantitative estimate of drug-likeness (QED) is 0.0251. The molecule has 9 nitrogen and oxygen atoms in total. The highest BCUT2D eigenvalue weighted by Crippen LogP contribution is 2.36. The number of phosphoric ester groups is 1. The molecule has 0 amide bonds. The Morgan fingerprint density at radius 2 is 1.08 bits per heavy atom. The number of ether oxygens (including phenoxy) is 2. The molecule has 0 aliphatic heterocycles. The van der Waals surface area contributed by atoms with Gasteiger partial charge in [-0.05, 0) is 70.6 Å². The van der Waals surface area contributed by atoms with Crippen LogP contribution in [0.4, 0.5) is 0 Å². The van der Waals surface area contributed by atoms with E-state index >= 15 is 0 Å². The summed E-state index contributed by atoms with van der Waals surface area (Å²) in [4.78, 5) is 42.7. The van der Waals surface area contributed by atoms with E-state index < -0.39 is 32.5 Å². The zero-order valence-corrected chi connectivity index (χ0v) is 32.7. The fourth-order valence-corrected chi connectivity index (χ4v) is 5.44. The van der Waals surface area contributed by atoms with Crippen molar-refractivity contribution in [1.82, 2.24) is 0 Å².